The third kappa shape index (κ3) is 3.21. The van der Waals surface area contributed by atoms with Gasteiger partial charge in [-0.2, -0.15) is 0 Å². The highest BCUT2D eigenvalue weighted by atomic mass is 16.4. The maximum Gasteiger partial charge on any atom is 0.338 e. The highest BCUT2D eigenvalue weighted by Crippen LogP contribution is 2.11. The van der Waals surface area contributed by atoms with Crippen molar-refractivity contribution in [2.75, 3.05) is 13.1 Å². The first-order chi connectivity index (χ1) is 8.10. The maximum atomic E-state index is 12.0. The third-order valence-corrected chi connectivity index (χ3v) is 2.19. The molecule has 1 rings (SSSR count). The molecule has 0 aliphatic rings. The number of hydrogen-bond donors (Lipinski definition) is 1. The van der Waals surface area contributed by atoms with Crippen LogP contribution in [0.5, 0.6) is 0 Å². The monoisotopic (exact) mass is 237 g/mol. The van der Waals surface area contributed by atoms with Gasteiger partial charge in [0, 0.05) is 19.2 Å². The minimum atomic E-state index is -1.11. The SMILES string of the molecule is C=CCN(CCC)C(=O)c1cc(C(=O)O)co1. The molecule has 0 fully saturated rings. The second kappa shape index (κ2) is 5.89. The van der Waals surface area contributed by atoms with Crippen molar-refractivity contribution >= 4 is 11.9 Å². The number of carbonyl (C=O) groups excluding carboxylic acids is 1. The van der Waals surface area contributed by atoms with Crippen molar-refractivity contribution in [1.29, 1.82) is 0 Å². The van der Waals surface area contributed by atoms with Crippen LogP contribution in [0.15, 0.2) is 29.4 Å². The van der Waals surface area contributed by atoms with Crippen LogP contribution in [0.3, 0.4) is 0 Å². The Morgan fingerprint density at radius 3 is 2.76 bits per heavy atom. The average Bonchev–Trinajstić information content (AvgIpc) is 2.77. The number of nitrogens with zero attached hydrogens (tertiary/aromatic N) is 1. The second-order valence-electron chi connectivity index (χ2n) is 3.54. The van der Waals surface area contributed by atoms with Gasteiger partial charge in [-0.15, -0.1) is 6.58 Å². The van der Waals surface area contributed by atoms with Crippen LogP contribution in [0.1, 0.15) is 34.3 Å². The van der Waals surface area contributed by atoms with Crippen molar-refractivity contribution in [1.82, 2.24) is 4.90 Å². The molecule has 0 atom stereocenters. The van der Waals surface area contributed by atoms with Gasteiger partial charge in [0.15, 0.2) is 5.76 Å². The Hall–Kier alpha value is -2.04. The van der Waals surface area contributed by atoms with E-state index in [1.54, 1.807) is 11.0 Å². The highest BCUT2D eigenvalue weighted by molar-refractivity contribution is 5.95. The standard InChI is InChI=1S/C12H15NO4/c1-3-5-13(6-4-2)11(14)10-7-9(8-17-10)12(15)16/h3,7-8H,1,4-6H2,2H3,(H,15,16). The van der Waals surface area contributed by atoms with Gasteiger partial charge in [0.1, 0.15) is 6.26 Å². The third-order valence-electron chi connectivity index (χ3n) is 2.19. The van der Waals surface area contributed by atoms with Gasteiger partial charge >= 0.3 is 5.97 Å². The molecule has 17 heavy (non-hydrogen) atoms. The molecule has 5 nitrogen and oxygen atoms in total. The normalized spacial score (nSPS) is 9.94. The molecule has 0 aromatic carbocycles. The van der Waals surface area contributed by atoms with Crippen molar-refractivity contribution in [3.8, 4) is 0 Å². The topological polar surface area (TPSA) is 70.8 Å². The summed E-state index contributed by atoms with van der Waals surface area (Å²) in [5.74, 6) is -1.39. The smallest absolute Gasteiger partial charge is 0.338 e. The predicted octanol–water partition coefficient (Wildman–Crippen LogP) is 2.02. The number of carboxylic acids is 1. The van der Waals surface area contributed by atoms with Gasteiger partial charge in [0.2, 0.25) is 0 Å². The van der Waals surface area contributed by atoms with Crippen LogP contribution in [-0.2, 0) is 0 Å². The molecule has 1 aromatic rings. The maximum absolute atomic E-state index is 12.0. The Labute approximate surface area is 99.3 Å². The minimum absolute atomic E-state index is 0.0246. The Morgan fingerprint density at radius 2 is 2.29 bits per heavy atom. The van der Waals surface area contributed by atoms with Crippen LogP contribution < -0.4 is 0 Å². The van der Waals surface area contributed by atoms with Crippen LogP contribution in [0, 0.1) is 0 Å². The van der Waals surface area contributed by atoms with E-state index in [0.717, 1.165) is 12.7 Å². The van der Waals surface area contributed by atoms with E-state index in [1.165, 1.54) is 6.07 Å². The van der Waals surface area contributed by atoms with Gasteiger partial charge in [-0.25, -0.2) is 4.79 Å². The van der Waals surface area contributed by atoms with Gasteiger partial charge in [-0.3, -0.25) is 4.79 Å². The van der Waals surface area contributed by atoms with Gasteiger partial charge < -0.3 is 14.4 Å². The first kappa shape index (κ1) is 13.0. The van der Waals surface area contributed by atoms with Crippen LogP contribution >= 0.6 is 0 Å². The summed E-state index contributed by atoms with van der Waals surface area (Å²) in [4.78, 5) is 24.2. The van der Waals surface area contributed by atoms with Gasteiger partial charge in [-0.05, 0) is 6.42 Å². The highest BCUT2D eigenvalue weighted by Gasteiger charge is 2.19. The Balaban J connectivity index is 2.84. The van der Waals surface area contributed by atoms with Crippen molar-refractivity contribution < 1.29 is 19.1 Å². The van der Waals surface area contributed by atoms with Gasteiger partial charge in [-0.1, -0.05) is 13.0 Å². The lowest BCUT2D eigenvalue weighted by molar-refractivity contribution is 0.0694. The van der Waals surface area contributed by atoms with E-state index in [0.29, 0.717) is 13.1 Å². The molecular formula is C12H15NO4. The summed E-state index contributed by atoms with van der Waals surface area (Å²) in [5, 5.41) is 8.72. The number of carbonyl (C=O) groups is 2. The van der Waals surface area contributed by atoms with E-state index in [4.69, 9.17) is 9.52 Å². The second-order valence-corrected chi connectivity index (χ2v) is 3.54. The zero-order valence-electron chi connectivity index (χ0n) is 9.68. The number of aromatic carboxylic acids is 1. The molecular weight excluding hydrogens is 222 g/mol. The minimum Gasteiger partial charge on any atom is -0.478 e. The summed E-state index contributed by atoms with van der Waals surface area (Å²) in [6, 6.07) is 1.23. The summed E-state index contributed by atoms with van der Waals surface area (Å²) in [5.41, 5.74) is -0.0246. The Kier molecular flexibility index (Phi) is 4.51. The predicted molar refractivity (Wildman–Crippen MR) is 62.1 cm³/mol. The molecule has 1 heterocycles. The molecule has 1 amide bonds. The fourth-order valence-electron chi connectivity index (χ4n) is 1.42. The summed E-state index contributed by atoms with van der Waals surface area (Å²) in [6.45, 7) is 6.52. The average molecular weight is 237 g/mol. The zero-order chi connectivity index (χ0) is 12.8. The van der Waals surface area contributed by atoms with Crippen molar-refractivity contribution in [2.45, 2.75) is 13.3 Å². The molecule has 1 N–H and O–H groups in total. The van der Waals surface area contributed by atoms with E-state index >= 15 is 0 Å². The van der Waals surface area contributed by atoms with E-state index in [-0.39, 0.29) is 17.2 Å². The molecule has 92 valence electrons. The van der Waals surface area contributed by atoms with E-state index in [2.05, 4.69) is 6.58 Å². The van der Waals surface area contributed by atoms with E-state index < -0.39 is 5.97 Å². The summed E-state index contributed by atoms with van der Waals surface area (Å²) >= 11 is 0. The van der Waals surface area contributed by atoms with Gasteiger partial charge in [0.05, 0.1) is 5.56 Å². The summed E-state index contributed by atoms with van der Waals surface area (Å²) in [7, 11) is 0. The molecule has 0 aliphatic carbocycles. The first-order valence-corrected chi connectivity index (χ1v) is 5.32. The fraction of sp³-hybridized carbons (Fsp3) is 0.333. The van der Waals surface area contributed by atoms with Crippen LogP contribution in [0.4, 0.5) is 0 Å². The molecule has 0 bridgehead atoms. The Bertz CT molecular complexity index is 422. The lowest BCUT2D eigenvalue weighted by Gasteiger charge is -2.18. The molecule has 0 saturated carbocycles. The van der Waals surface area contributed by atoms with E-state index in [9.17, 15) is 9.59 Å². The van der Waals surface area contributed by atoms with Crippen LogP contribution in [-0.4, -0.2) is 35.0 Å². The molecule has 0 radical (unpaired) electrons. The zero-order valence-corrected chi connectivity index (χ0v) is 9.68. The summed E-state index contributed by atoms with van der Waals surface area (Å²) < 4.78 is 4.96. The van der Waals surface area contributed by atoms with Crippen LogP contribution in [0.25, 0.3) is 0 Å². The first-order valence-electron chi connectivity index (χ1n) is 5.32. The number of carboxylic acid groups (broad SMARTS) is 1. The van der Waals surface area contributed by atoms with Crippen molar-refractivity contribution in [3.63, 3.8) is 0 Å². The molecule has 5 heteroatoms. The van der Waals surface area contributed by atoms with Crippen molar-refractivity contribution in [2.24, 2.45) is 0 Å². The van der Waals surface area contributed by atoms with E-state index in [1.807, 2.05) is 6.92 Å². The molecule has 1 aromatic heterocycles. The van der Waals surface area contributed by atoms with Crippen LogP contribution in [0.2, 0.25) is 0 Å². The number of furan rings is 1. The lowest BCUT2D eigenvalue weighted by Crippen LogP contribution is -2.31. The number of rotatable bonds is 6. The molecule has 0 spiro atoms. The largest absolute Gasteiger partial charge is 0.478 e. The molecule has 0 unspecified atom stereocenters. The number of hydrogen-bond acceptors (Lipinski definition) is 3. The molecule has 0 aliphatic heterocycles. The molecule has 0 saturated heterocycles. The summed E-state index contributed by atoms with van der Waals surface area (Å²) in [6.07, 6.45) is 3.49. The number of amides is 1. The fourth-order valence-corrected chi connectivity index (χ4v) is 1.42. The van der Waals surface area contributed by atoms with Gasteiger partial charge in [0.25, 0.3) is 5.91 Å². The Morgan fingerprint density at radius 1 is 1.59 bits per heavy atom. The lowest BCUT2D eigenvalue weighted by atomic mass is 10.3. The quantitative estimate of drug-likeness (QED) is 0.768. The van der Waals surface area contributed by atoms with Crippen molar-refractivity contribution in [3.05, 3.63) is 36.3 Å².